The number of anilines is 1. The fourth-order valence-corrected chi connectivity index (χ4v) is 4.91. The van der Waals surface area contributed by atoms with Crippen molar-refractivity contribution in [3.63, 3.8) is 0 Å². The fraction of sp³-hybridized carbons (Fsp3) is 0.667. The van der Waals surface area contributed by atoms with Crippen molar-refractivity contribution in [1.82, 2.24) is 19.5 Å². The van der Waals surface area contributed by atoms with Crippen molar-refractivity contribution in [1.29, 1.82) is 0 Å². The van der Waals surface area contributed by atoms with E-state index in [0.717, 1.165) is 11.8 Å². The molecule has 1 saturated heterocycles. The Hall–Kier alpha value is -1.88. The van der Waals surface area contributed by atoms with Crippen LogP contribution < -0.4 is 11.3 Å². The fourth-order valence-electron chi connectivity index (χ4n) is 3.24. The van der Waals surface area contributed by atoms with Crippen LogP contribution in [0.25, 0.3) is 11.2 Å². The molecule has 0 saturated carbocycles. The molecule has 0 amide bonds. The standard InChI is InChI=1S/C18H28N5O10PS/c1-17(2,7-24)15(27)35-5-4-31-34(29,30)32-6-9-11(25)18(3,28)14(33-9)23-8-20-10-12(23)21-16(19)22-13(10)26/h8-9,11,14,24-25,28H,4-7H2,1-3H3,(H,29,30)(H3,19,21,22,26)/t9-,11+,14-,18?/m1/s1. The molecule has 196 valence electrons. The molecule has 2 unspecified atom stereocenters. The molecule has 1 fully saturated rings. The molecule has 5 atom stereocenters. The Morgan fingerprint density at radius 2 is 2.14 bits per heavy atom. The summed E-state index contributed by atoms with van der Waals surface area (Å²) >= 11 is 0.836. The number of ether oxygens (including phenoxy) is 1. The molecule has 0 aromatic carbocycles. The number of phosphoric ester groups is 1. The zero-order valence-electron chi connectivity index (χ0n) is 19.2. The maximum atomic E-state index is 12.2. The van der Waals surface area contributed by atoms with E-state index in [0.29, 0.717) is 0 Å². The Kier molecular flexibility index (Phi) is 8.10. The summed E-state index contributed by atoms with van der Waals surface area (Å²) in [6.07, 6.45) is -2.95. The molecule has 3 heterocycles. The molecule has 0 radical (unpaired) electrons. The van der Waals surface area contributed by atoms with E-state index in [1.54, 1.807) is 13.8 Å². The molecule has 0 bridgehead atoms. The van der Waals surface area contributed by atoms with Crippen LogP contribution >= 0.6 is 19.6 Å². The zero-order chi connectivity index (χ0) is 26.2. The number of carbonyl (C=O) groups is 1. The molecule has 2 aromatic heterocycles. The number of hydrogen-bond acceptors (Lipinski definition) is 13. The molecule has 1 aliphatic rings. The number of nitrogens with two attached hydrogens (primary N) is 1. The molecule has 35 heavy (non-hydrogen) atoms. The number of nitrogens with zero attached hydrogens (tertiary/aromatic N) is 3. The lowest BCUT2D eigenvalue weighted by Gasteiger charge is -2.27. The van der Waals surface area contributed by atoms with Gasteiger partial charge in [0.25, 0.3) is 5.56 Å². The second-order valence-electron chi connectivity index (χ2n) is 8.75. The normalized spacial score (nSPS) is 26.8. The van der Waals surface area contributed by atoms with Crippen molar-refractivity contribution in [3.8, 4) is 0 Å². The van der Waals surface area contributed by atoms with Gasteiger partial charge in [-0.1, -0.05) is 11.8 Å². The number of nitrogen functional groups attached to an aromatic ring is 1. The van der Waals surface area contributed by atoms with Crippen molar-refractivity contribution >= 4 is 41.8 Å². The van der Waals surface area contributed by atoms with E-state index in [1.807, 2.05) is 0 Å². The number of aromatic nitrogens is 4. The summed E-state index contributed by atoms with van der Waals surface area (Å²) in [5, 5.41) is 30.3. The van der Waals surface area contributed by atoms with Crippen molar-refractivity contribution in [3.05, 3.63) is 16.7 Å². The predicted molar refractivity (Wildman–Crippen MR) is 123 cm³/mol. The Balaban J connectivity index is 1.61. The first-order chi connectivity index (χ1) is 16.2. The number of fused-ring (bicyclic) bond motifs is 1. The summed E-state index contributed by atoms with van der Waals surface area (Å²) in [7, 11) is -4.59. The summed E-state index contributed by atoms with van der Waals surface area (Å²) in [5.74, 6) is -0.154. The topological polar surface area (TPSA) is 232 Å². The second-order valence-corrected chi connectivity index (χ2v) is 11.3. The molecule has 7 N–H and O–H groups in total. The number of imidazole rings is 1. The smallest absolute Gasteiger partial charge is 0.395 e. The van der Waals surface area contributed by atoms with Gasteiger partial charge in [-0.25, -0.2) is 9.55 Å². The van der Waals surface area contributed by atoms with E-state index in [-0.39, 0.29) is 41.2 Å². The van der Waals surface area contributed by atoms with Crippen LogP contribution in [0.15, 0.2) is 11.1 Å². The highest BCUT2D eigenvalue weighted by atomic mass is 32.2. The molecule has 15 nitrogen and oxygen atoms in total. The molecule has 17 heteroatoms. The average Bonchev–Trinajstić information content (AvgIpc) is 3.28. The van der Waals surface area contributed by atoms with Crippen molar-refractivity contribution in [2.45, 2.75) is 44.8 Å². The third-order valence-electron chi connectivity index (χ3n) is 5.38. The Morgan fingerprint density at radius 1 is 1.46 bits per heavy atom. The summed E-state index contributed by atoms with van der Waals surface area (Å²) in [4.78, 5) is 44.1. The maximum Gasteiger partial charge on any atom is 0.472 e. The van der Waals surface area contributed by atoms with Gasteiger partial charge in [0.15, 0.2) is 22.5 Å². The third-order valence-corrected chi connectivity index (χ3v) is 7.55. The van der Waals surface area contributed by atoms with Crippen LogP contribution in [0.1, 0.15) is 27.0 Å². The van der Waals surface area contributed by atoms with Gasteiger partial charge < -0.3 is 30.7 Å². The molecule has 1 aliphatic heterocycles. The van der Waals surface area contributed by atoms with Gasteiger partial charge in [0.2, 0.25) is 5.95 Å². The molecule has 0 spiro atoms. The van der Waals surface area contributed by atoms with E-state index in [4.69, 9.17) is 19.5 Å². The number of aromatic amines is 1. The number of rotatable bonds is 10. The minimum absolute atomic E-state index is 0.00196. The van der Waals surface area contributed by atoms with Gasteiger partial charge in [0, 0.05) is 5.75 Å². The lowest BCUT2D eigenvalue weighted by molar-refractivity contribution is -0.119. The first-order valence-corrected chi connectivity index (χ1v) is 12.9. The number of aliphatic hydroxyl groups is 3. The summed E-state index contributed by atoms with van der Waals surface area (Å²) in [5.41, 5.74) is 2.01. The number of hydrogen-bond donors (Lipinski definition) is 6. The SMILES string of the molecule is CC(C)(CO)C(=O)SCCOP(=O)(O)OC[C@H]1O[C@@H](n2cnc3c(=O)[nH]c(N)nc32)C(C)(O)[C@H]1O. The molecule has 0 aliphatic carbocycles. The highest BCUT2D eigenvalue weighted by Gasteiger charge is 2.54. The van der Waals surface area contributed by atoms with Gasteiger partial charge in [-0.3, -0.25) is 28.2 Å². The lowest BCUT2D eigenvalue weighted by Crippen LogP contribution is -2.44. The van der Waals surface area contributed by atoms with E-state index in [2.05, 4.69) is 15.0 Å². The number of H-pyrrole nitrogens is 1. The first-order valence-electron chi connectivity index (χ1n) is 10.4. The highest BCUT2D eigenvalue weighted by molar-refractivity contribution is 8.13. The molecular formula is C18H28N5O10PS. The molecule has 2 aromatic rings. The number of thioether (sulfide) groups is 1. The minimum atomic E-state index is -4.59. The lowest BCUT2D eigenvalue weighted by atomic mass is 9.96. The van der Waals surface area contributed by atoms with Crippen LogP contribution in [-0.2, 0) is 23.1 Å². The van der Waals surface area contributed by atoms with Gasteiger partial charge in [0.05, 0.1) is 31.6 Å². The van der Waals surface area contributed by atoms with Crippen LogP contribution in [0, 0.1) is 5.41 Å². The number of nitrogens with one attached hydrogen (secondary N) is 1. The Labute approximate surface area is 203 Å². The van der Waals surface area contributed by atoms with Crippen LogP contribution in [0.2, 0.25) is 0 Å². The number of carbonyl (C=O) groups excluding carboxylic acids is 1. The summed E-state index contributed by atoms with van der Waals surface area (Å²) < 4.78 is 28.8. The maximum absolute atomic E-state index is 12.2. The van der Waals surface area contributed by atoms with Crippen LogP contribution in [0.3, 0.4) is 0 Å². The van der Waals surface area contributed by atoms with E-state index in [1.165, 1.54) is 17.8 Å². The van der Waals surface area contributed by atoms with Gasteiger partial charge in [-0.05, 0) is 20.8 Å². The third kappa shape index (κ3) is 5.93. The quantitative estimate of drug-likeness (QED) is 0.160. The predicted octanol–water partition coefficient (Wildman–Crippen LogP) is -0.877. The molecule has 3 rings (SSSR count). The molecular weight excluding hydrogens is 509 g/mol. The monoisotopic (exact) mass is 537 g/mol. The van der Waals surface area contributed by atoms with E-state index in [9.17, 15) is 34.4 Å². The Morgan fingerprint density at radius 3 is 2.80 bits per heavy atom. The second kappa shape index (κ2) is 10.2. The minimum Gasteiger partial charge on any atom is -0.395 e. The van der Waals surface area contributed by atoms with E-state index >= 15 is 0 Å². The first kappa shape index (κ1) is 27.7. The average molecular weight is 537 g/mol. The van der Waals surface area contributed by atoms with Crippen molar-refractivity contribution < 1.29 is 43.4 Å². The van der Waals surface area contributed by atoms with Crippen molar-refractivity contribution in [2.75, 3.05) is 31.3 Å². The van der Waals surface area contributed by atoms with Crippen molar-refractivity contribution in [2.24, 2.45) is 5.41 Å². The van der Waals surface area contributed by atoms with Gasteiger partial charge >= 0.3 is 7.82 Å². The van der Waals surface area contributed by atoms with Gasteiger partial charge in [-0.15, -0.1) is 0 Å². The number of aliphatic hydroxyl groups excluding tert-OH is 2. The Bertz CT molecular complexity index is 1180. The van der Waals surface area contributed by atoms with E-state index < -0.39 is 49.4 Å². The highest BCUT2D eigenvalue weighted by Crippen LogP contribution is 2.46. The van der Waals surface area contributed by atoms with Gasteiger partial charge in [-0.2, -0.15) is 4.98 Å². The largest absolute Gasteiger partial charge is 0.472 e. The van der Waals surface area contributed by atoms with Gasteiger partial charge in [0.1, 0.15) is 17.8 Å². The summed E-state index contributed by atoms with van der Waals surface area (Å²) in [6.45, 7) is 3.12. The van der Waals surface area contributed by atoms with Crippen LogP contribution in [-0.4, -0.2) is 88.2 Å². The van der Waals surface area contributed by atoms with Crippen LogP contribution in [0.4, 0.5) is 5.95 Å². The zero-order valence-corrected chi connectivity index (χ0v) is 20.9. The van der Waals surface area contributed by atoms with Crippen LogP contribution in [0.5, 0.6) is 0 Å². The number of phosphoric acid groups is 1. The summed E-state index contributed by atoms with van der Waals surface area (Å²) in [6, 6.07) is 0.